The van der Waals surface area contributed by atoms with Gasteiger partial charge in [0.15, 0.2) is 0 Å². The molecule has 0 unspecified atom stereocenters. The van der Waals surface area contributed by atoms with Gasteiger partial charge in [-0.05, 0) is 17.3 Å². The van der Waals surface area contributed by atoms with E-state index in [1.165, 1.54) is 0 Å². The van der Waals surface area contributed by atoms with Gasteiger partial charge in [-0.1, -0.05) is 5.10 Å². The van der Waals surface area contributed by atoms with Crippen molar-refractivity contribution in [2.24, 2.45) is 0 Å². The van der Waals surface area contributed by atoms with Crippen molar-refractivity contribution in [2.45, 2.75) is 13.0 Å². The number of tetrazole rings is 1. The standard InChI is InChI=1S/C8H10N6O/c15-7(9-8-10-12-13-11-8)3-6-14-4-1-2-5-14/h1-2,4-5H,3,6H2,(H2,9,10,11,12,13,15). The molecule has 1 amide bonds. The van der Waals surface area contributed by atoms with Crippen LogP contribution in [0, 0.1) is 0 Å². The van der Waals surface area contributed by atoms with Crippen LogP contribution in [0.15, 0.2) is 24.5 Å². The van der Waals surface area contributed by atoms with Crippen LogP contribution in [0.5, 0.6) is 0 Å². The summed E-state index contributed by atoms with van der Waals surface area (Å²) in [6.45, 7) is 0.636. The van der Waals surface area contributed by atoms with Crippen LogP contribution in [0.3, 0.4) is 0 Å². The lowest BCUT2D eigenvalue weighted by Crippen LogP contribution is -2.14. The van der Waals surface area contributed by atoms with Gasteiger partial charge in [-0.25, -0.2) is 0 Å². The van der Waals surface area contributed by atoms with Gasteiger partial charge >= 0.3 is 0 Å². The van der Waals surface area contributed by atoms with Crippen LogP contribution >= 0.6 is 0 Å². The van der Waals surface area contributed by atoms with Gasteiger partial charge in [-0.15, -0.1) is 5.10 Å². The number of anilines is 1. The highest BCUT2D eigenvalue weighted by molar-refractivity contribution is 5.88. The number of rotatable bonds is 4. The third-order valence-electron chi connectivity index (χ3n) is 1.86. The van der Waals surface area contributed by atoms with Crippen molar-refractivity contribution in [2.75, 3.05) is 5.32 Å². The van der Waals surface area contributed by atoms with E-state index >= 15 is 0 Å². The first kappa shape index (κ1) is 9.38. The Morgan fingerprint density at radius 1 is 1.47 bits per heavy atom. The number of hydrogen-bond acceptors (Lipinski definition) is 4. The van der Waals surface area contributed by atoms with Gasteiger partial charge in [0, 0.05) is 25.4 Å². The lowest BCUT2D eigenvalue weighted by Gasteiger charge is -2.01. The van der Waals surface area contributed by atoms with E-state index in [0.717, 1.165) is 0 Å². The van der Waals surface area contributed by atoms with Gasteiger partial charge in [-0.3, -0.25) is 10.1 Å². The summed E-state index contributed by atoms with van der Waals surface area (Å²) in [5.41, 5.74) is 0. The highest BCUT2D eigenvalue weighted by atomic mass is 16.1. The van der Waals surface area contributed by atoms with Gasteiger partial charge in [0.1, 0.15) is 0 Å². The molecule has 0 bridgehead atoms. The molecular formula is C8H10N6O. The fourth-order valence-corrected chi connectivity index (χ4v) is 1.15. The second-order valence-electron chi connectivity index (χ2n) is 2.95. The molecule has 15 heavy (non-hydrogen) atoms. The predicted molar refractivity (Wildman–Crippen MR) is 51.9 cm³/mol. The zero-order chi connectivity index (χ0) is 10.5. The molecule has 2 aromatic rings. The van der Waals surface area contributed by atoms with Crippen molar-refractivity contribution in [3.8, 4) is 0 Å². The first-order valence-corrected chi connectivity index (χ1v) is 4.48. The number of nitrogens with zero attached hydrogens (tertiary/aromatic N) is 4. The average molecular weight is 206 g/mol. The molecule has 0 saturated heterocycles. The monoisotopic (exact) mass is 206 g/mol. The quantitative estimate of drug-likeness (QED) is 0.738. The van der Waals surface area contributed by atoms with E-state index in [2.05, 4.69) is 25.9 Å². The number of aromatic amines is 1. The second-order valence-corrected chi connectivity index (χ2v) is 2.95. The molecule has 0 radical (unpaired) electrons. The first-order valence-electron chi connectivity index (χ1n) is 4.48. The Balaban J connectivity index is 1.78. The number of H-pyrrole nitrogens is 1. The minimum absolute atomic E-state index is 0.134. The fraction of sp³-hybridized carbons (Fsp3) is 0.250. The minimum atomic E-state index is -0.134. The summed E-state index contributed by atoms with van der Waals surface area (Å²) in [5, 5.41) is 15.3. The van der Waals surface area contributed by atoms with E-state index in [4.69, 9.17) is 0 Å². The van der Waals surface area contributed by atoms with E-state index < -0.39 is 0 Å². The Hall–Kier alpha value is -2.18. The molecule has 2 aromatic heterocycles. The Morgan fingerprint density at radius 2 is 2.27 bits per heavy atom. The van der Waals surface area contributed by atoms with Gasteiger partial charge in [0.05, 0.1) is 0 Å². The number of hydrogen-bond donors (Lipinski definition) is 2. The molecule has 0 aliphatic rings. The fourth-order valence-electron chi connectivity index (χ4n) is 1.15. The van der Waals surface area contributed by atoms with Gasteiger partial charge in [0.25, 0.3) is 5.95 Å². The summed E-state index contributed by atoms with van der Waals surface area (Å²) in [7, 11) is 0. The lowest BCUT2D eigenvalue weighted by atomic mass is 10.4. The zero-order valence-electron chi connectivity index (χ0n) is 7.92. The van der Waals surface area contributed by atoms with Crippen molar-refractivity contribution >= 4 is 11.9 Å². The minimum Gasteiger partial charge on any atom is -0.354 e. The third-order valence-corrected chi connectivity index (χ3v) is 1.86. The van der Waals surface area contributed by atoms with Gasteiger partial charge < -0.3 is 4.57 Å². The highest BCUT2D eigenvalue weighted by Crippen LogP contribution is 1.96. The van der Waals surface area contributed by atoms with Gasteiger partial charge in [-0.2, -0.15) is 5.21 Å². The van der Waals surface area contributed by atoms with Crippen molar-refractivity contribution in [3.05, 3.63) is 24.5 Å². The predicted octanol–water partition coefficient (Wildman–Crippen LogP) is 0.0300. The van der Waals surface area contributed by atoms with Crippen LogP contribution in [-0.2, 0) is 11.3 Å². The smallest absolute Gasteiger partial charge is 0.269 e. The molecule has 0 fully saturated rings. The molecule has 0 aliphatic carbocycles. The van der Waals surface area contributed by atoms with E-state index in [9.17, 15) is 4.79 Å². The Kier molecular flexibility index (Phi) is 2.72. The van der Waals surface area contributed by atoms with Crippen molar-refractivity contribution in [1.29, 1.82) is 0 Å². The molecule has 2 rings (SSSR count). The van der Waals surface area contributed by atoms with Crippen molar-refractivity contribution in [1.82, 2.24) is 25.2 Å². The summed E-state index contributed by atoms with van der Waals surface area (Å²) in [6.07, 6.45) is 4.19. The molecule has 2 heterocycles. The first-order chi connectivity index (χ1) is 7.34. The molecule has 2 N–H and O–H groups in total. The molecule has 78 valence electrons. The number of nitrogens with one attached hydrogen (secondary N) is 2. The molecule has 7 heteroatoms. The van der Waals surface area contributed by atoms with Crippen LogP contribution in [0.25, 0.3) is 0 Å². The third kappa shape index (κ3) is 2.63. The summed E-state index contributed by atoms with van der Waals surface area (Å²) >= 11 is 0. The number of amides is 1. The van der Waals surface area contributed by atoms with E-state index in [1.54, 1.807) is 0 Å². The molecule has 7 nitrogen and oxygen atoms in total. The summed E-state index contributed by atoms with van der Waals surface area (Å²) in [6, 6.07) is 3.83. The summed E-state index contributed by atoms with van der Waals surface area (Å²) in [5.74, 6) is 0.0672. The number of aryl methyl sites for hydroxylation is 1. The van der Waals surface area contributed by atoms with Crippen LogP contribution in [0.1, 0.15) is 6.42 Å². The maximum Gasteiger partial charge on any atom is 0.269 e. The summed E-state index contributed by atoms with van der Waals surface area (Å²) in [4.78, 5) is 11.4. The van der Waals surface area contributed by atoms with Crippen molar-refractivity contribution in [3.63, 3.8) is 0 Å². The van der Waals surface area contributed by atoms with Crippen molar-refractivity contribution < 1.29 is 4.79 Å². The largest absolute Gasteiger partial charge is 0.354 e. The normalized spacial score (nSPS) is 10.1. The number of carbonyl (C=O) groups is 1. The second kappa shape index (κ2) is 4.36. The highest BCUT2D eigenvalue weighted by Gasteiger charge is 2.04. The lowest BCUT2D eigenvalue weighted by molar-refractivity contribution is -0.116. The Labute approximate surface area is 85.5 Å². The maximum absolute atomic E-state index is 11.4. The van der Waals surface area contributed by atoms with Crippen LogP contribution in [0.2, 0.25) is 0 Å². The molecule has 0 aromatic carbocycles. The average Bonchev–Trinajstić information content (AvgIpc) is 2.86. The van der Waals surface area contributed by atoms with Crippen LogP contribution in [-0.4, -0.2) is 31.1 Å². The number of aromatic nitrogens is 5. The zero-order valence-corrected chi connectivity index (χ0v) is 7.92. The van der Waals surface area contributed by atoms with Gasteiger partial charge in [0.2, 0.25) is 5.91 Å². The molecule has 0 aliphatic heterocycles. The Bertz CT molecular complexity index is 406. The van der Waals surface area contributed by atoms with Crippen LogP contribution < -0.4 is 5.32 Å². The van der Waals surface area contributed by atoms with E-state index in [0.29, 0.717) is 13.0 Å². The topological polar surface area (TPSA) is 88.5 Å². The SMILES string of the molecule is O=C(CCn1cccc1)Nc1nn[nH]n1. The molecular weight excluding hydrogens is 196 g/mol. The Morgan fingerprint density at radius 3 is 2.93 bits per heavy atom. The molecule has 0 spiro atoms. The van der Waals surface area contributed by atoms with E-state index in [1.807, 2.05) is 29.1 Å². The number of carbonyl (C=O) groups excluding carboxylic acids is 1. The summed E-state index contributed by atoms with van der Waals surface area (Å²) < 4.78 is 1.93. The maximum atomic E-state index is 11.4. The molecule has 0 saturated carbocycles. The van der Waals surface area contributed by atoms with Crippen LogP contribution in [0.4, 0.5) is 5.95 Å². The van der Waals surface area contributed by atoms with E-state index in [-0.39, 0.29) is 11.9 Å². The molecule has 0 atom stereocenters.